The van der Waals surface area contributed by atoms with E-state index in [2.05, 4.69) is 23.8 Å². The van der Waals surface area contributed by atoms with Gasteiger partial charge in [0.1, 0.15) is 0 Å². The zero-order valence-electron chi connectivity index (χ0n) is 13.3. The van der Waals surface area contributed by atoms with Crippen LogP contribution in [0, 0.1) is 13.8 Å². The van der Waals surface area contributed by atoms with Crippen molar-refractivity contribution in [3.8, 4) is 0 Å². The second kappa shape index (κ2) is 6.42. The minimum absolute atomic E-state index is 0.319. The zero-order chi connectivity index (χ0) is 14.7. The van der Waals surface area contributed by atoms with Crippen LogP contribution in [0.5, 0.6) is 0 Å². The quantitative estimate of drug-likeness (QED) is 0.848. The van der Waals surface area contributed by atoms with Crippen molar-refractivity contribution in [2.24, 2.45) is 7.05 Å². The third-order valence-corrected chi connectivity index (χ3v) is 4.67. The number of hydrogen-bond acceptors (Lipinski definition) is 2. The molecule has 1 aromatic heterocycles. The number of amides is 1. The van der Waals surface area contributed by atoms with Crippen LogP contribution in [0.15, 0.2) is 0 Å². The Kier molecular flexibility index (Phi) is 4.84. The van der Waals surface area contributed by atoms with E-state index in [0.717, 1.165) is 31.5 Å². The van der Waals surface area contributed by atoms with Gasteiger partial charge in [-0.3, -0.25) is 9.48 Å². The van der Waals surface area contributed by atoms with Crippen molar-refractivity contribution in [2.75, 3.05) is 6.54 Å². The van der Waals surface area contributed by atoms with Gasteiger partial charge in [-0.1, -0.05) is 6.92 Å². The molecule has 4 nitrogen and oxygen atoms in total. The topological polar surface area (TPSA) is 38.1 Å². The lowest BCUT2D eigenvalue weighted by atomic mass is 9.98. The molecule has 112 valence electrons. The van der Waals surface area contributed by atoms with Crippen LogP contribution in [-0.2, 0) is 18.3 Å². The molecular formula is C16H27N3O. The van der Waals surface area contributed by atoms with Crippen LogP contribution < -0.4 is 0 Å². The number of hydrogen-bond donors (Lipinski definition) is 0. The van der Waals surface area contributed by atoms with Crippen molar-refractivity contribution >= 4 is 5.91 Å². The summed E-state index contributed by atoms with van der Waals surface area (Å²) in [5, 5.41) is 4.42. The van der Waals surface area contributed by atoms with Gasteiger partial charge in [0.15, 0.2) is 0 Å². The van der Waals surface area contributed by atoms with Gasteiger partial charge in [-0.05, 0) is 51.5 Å². The van der Waals surface area contributed by atoms with Crippen LogP contribution in [0.1, 0.15) is 56.0 Å². The molecule has 1 saturated heterocycles. The summed E-state index contributed by atoms with van der Waals surface area (Å²) in [5.41, 5.74) is 3.48. The maximum absolute atomic E-state index is 12.5. The second-order valence-electron chi connectivity index (χ2n) is 5.92. The maximum Gasteiger partial charge on any atom is 0.223 e. The summed E-state index contributed by atoms with van der Waals surface area (Å²) < 4.78 is 1.91. The van der Waals surface area contributed by atoms with Gasteiger partial charge in [0.25, 0.3) is 0 Å². The monoisotopic (exact) mass is 277 g/mol. The van der Waals surface area contributed by atoms with Crippen LogP contribution in [0.2, 0.25) is 0 Å². The first-order valence-electron chi connectivity index (χ1n) is 7.83. The lowest BCUT2D eigenvalue weighted by molar-refractivity contribution is -0.134. The van der Waals surface area contributed by atoms with Crippen LogP contribution in [0.4, 0.5) is 0 Å². The molecule has 2 rings (SSSR count). The van der Waals surface area contributed by atoms with Crippen molar-refractivity contribution in [1.29, 1.82) is 0 Å². The van der Waals surface area contributed by atoms with E-state index in [1.807, 2.05) is 18.7 Å². The third-order valence-electron chi connectivity index (χ3n) is 4.67. The number of piperidine rings is 1. The molecule has 0 aromatic carbocycles. The molecule has 0 radical (unpaired) electrons. The summed E-state index contributed by atoms with van der Waals surface area (Å²) in [6.07, 6.45) is 6.11. The van der Waals surface area contributed by atoms with Gasteiger partial charge in [0.2, 0.25) is 5.91 Å². The normalized spacial score (nSPS) is 19.4. The molecule has 0 N–H and O–H groups in total. The van der Waals surface area contributed by atoms with Gasteiger partial charge in [-0.25, -0.2) is 0 Å². The molecule has 1 atom stereocenters. The molecule has 1 aromatic rings. The Hall–Kier alpha value is -1.32. The van der Waals surface area contributed by atoms with Crippen molar-refractivity contribution in [3.63, 3.8) is 0 Å². The molecule has 1 aliphatic heterocycles. The lowest BCUT2D eigenvalue weighted by Gasteiger charge is -2.35. The fourth-order valence-corrected chi connectivity index (χ4v) is 3.31. The molecule has 1 aliphatic rings. The Labute approximate surface area is 122 Å². The Morgan fingerprint density at radius 3 is 2.70 bits per heavy atom. The summed E-state index contributed by atoms with van der Waals surface area (Å²) in [6, 6.07) is 0.465. The highest BCUT2D eigenvalue weighted by atomic mass is 16.2. The highest BCUT2D eigenvalue weighted by Crippen LogP contribution is 2.21. The van der Waals surface area contributed by atoms with E-state index >= 15 is 0 Å². The smallest absolute Gasteiger partial charge is 0.223 e. The third kappa shape index (κ3) is 3.05. The zero-order valence-corrected chi connectivity index (χ0v) is 13.3. The molecule has 0 aliphatic carbocycles. The molecule has 1 unspecified atom stereocenters. The molecule has 0 saturated carbocycles. The van der Waals surface area contributed by atoms with Crippen LogP contribution in [0.3, 0.4) is 0 Å². The average molecular weight is 277 g/mol. The van der Waals surface area contributed by atoms with Crippen molar-refractivity contribution in [3.05, 3.63) is 17.0 Å². The minimum atomic E-state index is 0.319. The number of rotatable bonds is 4. The number of likely N-dealkylation sites (tertiary alicyclic amines) is 1. The highest BCUT2D eigenvalue weighted by molar-refractivity contribution is 5.77. The Morgan fingerprint density at radius 2 is 2.10 bits per heavy atom. The van der Waals surface area contributed by atoms with E-state index < -0.39 is 0 Å². The van der Waals surface area contributed by atoms with E-state index in [-0.39, 0.29) is 0 Å². The van der Waals surface area contributed by atoms with Crippen LogP contribution in [0.25, 0.3) is 0 Å². The van der Waals surface area contributed by atoms with Gasteiger partial charge >= 0.3 is 0 Å². The summed E-state index contributed by atoms with van der Waals surface area (Å²) in [4.78, 5) is 14.6. The first-order valence-corrected chi connectivity index (χ1v) is 7.83. The molecule has 0 spiro atoms. The molecule has 1 fully saturated rings. The number of carbonyl (C=O) groups excluding carboxylic acids is 1. The van der Waals surface area contributed by atoms with Crippen molar-refractivity contribution in [1.82, 2.24) is 14.7 Å². The Balaban J connectivity index is 1.97. The average Bonchev–Trinajstić information content (AvgIpc) is 2.70. The maximum atomic E-state index is 12.5. The first kappa shape index (κ1) is 15.1. The summed E-state index contributed by atoms with van der Waals surface area (Å²) in [7, 11) is 1.96. The predicted octanol–water partition coefficient (Wildman–Crippen LogP) is 2.76. The molecule has 0 bridgehead atoms. The standard InChI is InChI=1S/C16H27N3O/c1-5-14-8-6-7-11-19(14)16(20)10-9-15-12(2)17-18(4)13(15)3/h14H,5-11H2,1-4H3. The van der Waals surface area contributed by atoms with Gasteiger partial charge < -0.3 is 4.90 Å². The predicted molar refractivity (Wildman–Crippen MR) is 80.6 cm³/mol. The summed E-state index contributed by atoms with van der Waals surface area (Å²) in [5.74, 6) is 0.319. The first-order chi connectivity index (χ1) is 9.54. The lowest BCUT2D eigenvalue weighted by Crippen LogP contribution is -2.43. The number of carbonyl (C=O) groups is 1. The minimum Gasteiger partial charge on any atom is -0.340 e. The largest absolute Gasteiger partial charge is 0.340 e. The van der Waals surface area contributed by atoms with E-state index in [4.69, 9.17) is 0 Å². The van der Waals surface area contributed by atoms with Gasteiger partial charge in [-0.15, -0.1) is 0 Å². The Bertz CT molecular complexity index is 478. The van der Waals surface area contributed by atoms with Crippen molar-refractivity contribution < 1.29 is 4.79 Å². The van der Waals surface area contributed by atoms with E-state index in [9.17, 15) is 4.79 Å². The number of aromatic nitrogens is 2. The van der Waals surface area contributed by atoms with Gasteiger partial charge in [0, 0.05) is 31.7 Å². The summed E-state index contributed by atoms with van der Waals surface area (Å²) in [6.45, 7) is 7.24. The summed E-state index contributed by atoms with van der Waals surface area (Å²) >= 11 is 0. The van der Waals surface area contributed by atoms with Gasteiger partial charge in [0.05, 0.1) is 5.69 Å². The number of aryl methyl sites for hydroxylation is 2. The van der Waals surface area contributed by atoms with Crippen LogP contribution >= 0.6 is 0 Å². The highest BCUT2D eigenvalue weighted by Gasteiger charge is 2.25. The van der Waals surface area contributed by atoms with E-state index in [1.54, 1.807) is 0 Å². The van der Waals surface area contributed by atoms with E-state index in [0.29, 0.717) is 18.4 Å². The molecule has 1 amide bonds. The molecular weight excluding hydrogens is 250 g/mol. The van der Waals surface area contributed by atoms with Crippen LogP contribution in [-0.4, -0.2) is 33.2 Å². The Morgan fingerprint density at radius 1 is 1.35 bits per heavy atom. The number of nitrogens with zero attached hydrogens (tertiary/aromatic N) is 3. The molecule has 20 heavy (non-hydrogen) atoms. The fraction of sp³-hybridized carbons (Fsp3) is 0.750. The SMILES string of the molecule is CCC1CCCCN1C(=O)CCc1c(C)nn(C)c1C. The fourth-order valence-electron chi connectivity index (χ4n) is 3.31. The van der Waals surface area contributed by atoms with Gasteiger partial charge in [-0.2, -0.15) is 5.10 Å². The van der Waals surface area contributed by atoms with Crippen molar-refractivity contribution in [2.45, 2.75) is 65.3 Å². The second-order valence-corrected chi connectivity index (χ2v) is 5.92. The molecule has 4 heteroatoms. The molecule has 2 heterocycles. The van der Waals surface area contributed by atoms with E-state index in [1.165, 1.54) is 24.1 Å².